The first-order valence-corrected chi connectivity index (χ1v) is 15.0. The highest BCUT2D eigenvalue weighted by molar-refractivity contribution is 4.93. The topological polar surface area (TPSA) is 168 Å². The van der Waals surface area contributed by atoms with Gasteiger partial charge in [-0.3, -0.25) is 0 Å². The van der Waals surface area contributed by atoms with Gasteiger partial charge in [0.05, 0.1) is 13.2 Å². The summed E-state index contributed by atoms with van der Waals surface area (Å²) < 4.78 is 28.5. The first kappa shape index (κ1) is 34.8. The summed E-state index contributed by atoms with van der Waals surface area (Å²) in [5.74, 6) is 0. The average Bonchev–Trinajstić information content (AvgIpc) is 2.94. The molecule has 2 fully saturated rings. The maximum atomic E-state index is 10.7. The number of aliphatic hydroxyl groups is 6. The van der Waals surface area contributed by atoms with Crippen LogP contribution in [0.25, 0.3) is 0 Å². The summed E-state index contributed by atoms with van der Waals surface area (Å²) in [6.45, 7) is 4.02. The normalized spacial score (nSPS) is 35.4. The van der Waals surface area contributed by atoms with Gasteiger partial charge < -0.3 is 54.3 Å². The molecule has 0 aliphatic carbocycles. The molecule has 2 rings (SSSR count). The molecule has 0 bridgehead atoms. The zero-order valence-electron chi connectivity index (χ0n) is 23.8. The van der Waals surface area contributed by atoms with Crippen LogP contribution < -0.4 is 0 Å². The standard InChI is InChI=1S/C28H54O11/c1-3-5-7-9-11-13-15-35-25-19(17-29)37-27(23(33)21(25)31)39-28-24(34)22(32)26(20(18-30)38-28)36-16-14-12-10-8-6-4-2/h19-34H,3-18H2,1-2H3/t19-,20-,21-,22-,23-,24-,25-,26-,27-,28-/m1/s1. The van der Waals surface area contributed by atoms with Gasteiger partial charge in [-0.2, -0.15) is 0 Å². The molecule has 0 radical (unpaired) electrons. The van der Waals surface area contributed by atoms with Crippen molar-refractivity contribution in [2.24, 2.45) is 0 Å². The van der Waals surface area contributed by atoms with Crippen molar-refractivity contribution in [1.29, 1.82) is 0 Å². The summed E-state index contributed by atoms with van der Waals surface area (Å²) in [5, 5.41) is 62.4. The van der Waals surface area contributed by atoms with Crippen molar-refractivity contribution in [2.75, 3.05) is 26.4 Å². The minimum atomic E-state index is -1.57. The molecule has 39 heavy (non-hydrogen) atoms. The van der Waals surface area contributed by atoms with Gasteiger partial charge in [0.15, 0.2) is 12.6 Å². The van der Waals surface area contributed by atoms with Crippen LogP contribution in [0.5, 0.6) is 0 Å². The second-order valence-corrected chi connectivity index (χ2v) is 10.8. The summed E-state index contributed by atoms with van der Waals surface area (Å²) in [6, 6.07) is 0. The fourth-order valence-electron chi connectivity index (χ4n) is 5.08. The van der Waals surface area contributed by atoms with Crippen molar-refractivity contribution in [3.05, 3.63) is 0 Å². The molecule has 10 atom stereocenters. The average molecular weight is 567 g/mol. The molecule has 232 valence electrons. The van der Waals surface area contributed by atoms with Crippen LogP contribution in [0.3, 0.4) is 0 Å². The lowest BCUT2D eigenvalue weighted by molar-refractivity contribution is -0.380. The summed E-state index contributed by atoms with van der Waals surface area (Å²) in [7, 11) is 0. The van der Waals surface area contributed by atoms with E-state index >= 15 is 0 Å². The quantitative estimate of drug-likeness (QED) is 0.118. The van der Waals surface area contributed by atoms with E-state index < -0.39 is 74.6 Å². The number of ether oxygens (including phenoxy) is 5. The van der Waals surface area contributed by atoms with E-state index in [9.17, 15) is 30.6 Å². The van der Waals surface area contributed by atoms with Crippen LogP contribution in [0.2, 0.25) is 0 Å². The minimum absolute atomic E-state index is 0.348. The number of hydrogen-bond acceptors (Lipinski definition) is 11. The summed E-state index contributed by atoms with van der Waals surface area (Å²) in [4.78, 5) is 0. The Morgan fingerprint density at radius 1 is 0.513 bits per heavy atom. The lowest BCUT2D eigenvalue weighted by atomic mass is 9.97. The van der Waals surface area contributed by atoms with Crippen LogP contribution in [0.1, 0.15) is 90.9 Å². The second-order valence-electron chi connectivity index (χ2n) is 10.8. The molecule has 0 aromatic rings. The van der Waals surface area contributed by atoms with Gasteiger partial charge in [-0.1, -0.05) is 78.1 Å². The molecule has 11 heteroatoms. The predicted octanol–water partition coefficient (Wildman–Crippen LogP) is 1.37. The Morgan fingerprint density at radius 3 is 1.23 bits per heavy atom. The summed E-state index contributed by atoms with van der Waals surface area (Å²) in [5.41, 5.74) is 0. The molecule has 6 N–H and O–H groups in total. The lowest BCUT2D eigenvalue weighted by Crippen LogP contribution is -2.64. The third-order valence-corrected chi connectivity index (χ3v) is 7.53. The van der Waals surface area contributed by atoms with Crippen molar-refractivity contribution in [2.45, 2.75) is 152 Å². The summed E-state index contributed by atoms with van der Waals surface area (Å²) >= 11 is 0. The van der Waals surface area contributed by atoms with Crippen molar-refractivity contribution < 1.29 is 54.3 Å². The molecule has 0 unspecified atom stereocenters. The molecule has 2 heterocycles. The lowest BCUT2D eigenvalue weighted by Gasteiger charge is -2.46. The van der Waals surface area contributed by atoms with Crippen molar-refractivity contribution in [3.63, 3.8) is 0 Å². The monoisotopic (exact) mass is 566 g/mol. The van der Waals surface area contributed by atoms with Gasteiger partial charge in [0.25, 0.3) is 0 Å². The van der Waals surface area contributed by atoms with Crippen LogP contribution in [-0.4, -0.2) is 118 Å². The molecule has 0 spiro atoms. The Morgan fingerprint density at radius 2 is 0.872 bits per heavy atom. The van der Waals surface area contributed by atoms with Gasteiger partial charge in [0.1, 0.15) is 48.8 Å². The molecule has 0 amide bonds. The number of rotatable bonds is 20. The van der Waals surface area contributed by atoms with Gasteiger partial charge in [0.2, 0.25) is 0 Å². The highest BCUT2D eigenvalue weighted by Crippen LogP contribution is 2.30. The van der Waals surface area contributed by atoms with E-state index in [1.165, 1.54) is 12.8 Å². The fraction of sp³-hybridized carbons (Fsp3) is 1.00. The molecule has 2 aliphatic heterocycles. The summed E-state index contributed by atoms with van der Waals surface area (Å²) in [6.07, 6.45) is -0.0605. The van der Waals surface area contributed by atoms with E-state index in [0.29, 0.717) is 13.2 Å². The number of hydrogen-bond donors (Lipinski definition) is 6. The van der Waals surface area contributed by atoms with Gasteiger partial charge in [-0.05, 0) is 12.8 Å². The van der Waals surface area contributed by atoms with Gasteiger partial charge in [0, 0.05) is 13.2 Å². The molecule has 0 aromatic heterocycles. The van der Waals surface area contributed by atoms with Gasteiger partial charge in [-0.15, -0.1) is 0 Å². The van der Waals surface area contributed by atoms with E-state index in [1.54, 1.807) is 0 Å². The minimum Gasteiger partial charge on any atom is -0.394 e. The Balaban J connectivity index is 1.85. The maximum Gasteiger partial charge on any atom is 0.189 e. The third kappa shape index (κ3) is 11.1. The van der Waals surface area contributed by atoms with Gasteiger partial charge in [-0.25, -0.2) is 0 Å². The zero-order valence-corrected chi connectivity index (χ0v) is 23.8. The molecule has 0 saturated carbocycles. The van der Waals surface area contributed by atoms with E-state index in [4.69, 9.17) is 23.7 Å². The van der Waals surface area contributed by atoms with E-state index in [1.807, 2.05) is 0 Å². The zero-order chi connectivity index (χ0) is 28.6. The molecular formula is C28H54O11. The van der Waals surface area contributed by atoms with E-state index in [2.05, 4.69) is 13.8 Å². The van der Waals surface area contributed by atoms with E-state index in [-0.39, 0.29) is 0 Å². The van der Waals surface area contributed by atoms with Crippen molar-refractivity contribution in [1.82, 2.24) is 0 Å². The molecule has 2 saturated heterocycles. The van der Waals surface area contributed by atoms with Crippen LogP contribution in [0.4, 0.5) is 0 Å². The van der Waals surface area contributed by atoms with Crippen molar-refractivity contribution in [3.8, 4) is 0 Å². The van der Waals surface area contributed by atoms with Crippen LogP contribution in [0.15, 0.2) is 0 Å². The second kappa shape index (κ2) is 19.6. The largest absolute Gasteiger partial charge is 0.394 e. The number of unbranched alkanes of at least 4 members (excludes halogenated alkanes) is 10. The Kier molecular flexibility index (Phi) is 17.5. The Labute approximate surface area is 233 Å². The molecule has 11 nitrogen and oxygen atoms in total. The third-order valence-electron chi connectivity index (χ3n) is 7.53. The fourth-order valence-corrected chi connectivity index (χ4v) is 5.08. The smallest absolute Gasteiger partial charge is 0.189 e. The van der Waals surface area contributed by atoms with E-state index in [0.717, 1.165) is 64.2 Å². The van der Waals surface area contributed by atoms with Gasteiger partial charge >= 0.3 is 0 Å². The highest BCUT2D eigenvalue weighted by Gasteiger charge is 2.50. The van der Waals surface area contributed by atoms with Crippen molar-refractivity contribution >= 4 is 0 Å². The van der Waals surface area contributed by atoms with Crippen LogP contribution in [0, 0.1) is 0 Å². The Bertz CT molecular complexity index is 558. The number of aliphatic hydroxyl groups excluding tert-OH is 6. The maximum absolute atomic E-state index is 10.7. The highest BCUT2D eigenvalue weighted by atomic mass is 16.8. The predicted molar refractivity (Wildman–Crippen MR) is 143 cm³/mol. The first-order chi connectivity index (χ1) is 18.9. The van der Waals surface area contributed by atoms with Crippen LogP contribution in [-0.2, 0) is 23.7 Å². The molecule has 0 aromatic carbocycles. The SMILES string of the molecule is CCCCCCCCO[C@H]1[C@H](O)[C@@H](O)[C@@H](O[C@H]2O[C@H](CO)[C@@H](OCCCCCCCC)[C@H](O)[C@H]2O)O[C@@H]1CO. The first-order valence-electron chi connectivity index (χ1n) is 15.0. The molecular weight excluding hydrogens is 512 g/mol. The Hall–Kier alpha value is -0.440. The molecule has 2 aliphatic rings. The van der Waals surface area contributed by atoms with Crippen LogP contribution >= 0.6 is 0 Å².